The van der Waals surface area contributed by atoms with E-state index in [2.05, 4.69) is 11.7 Å². The zero-order chi connectivity index (χ0) is 10.9. The summed E-state index contributed by atoms with van der Waals surface area (Å²) >= 11 is 0. The van der Waals surface area contributed by atoms with E-state index < -0.39 is 11.9 Å². The lowest BCUT2D eigenvalue weighted by Gasteiger charge is -2.00. The SMILES string of the molecule is C=C(CN)c1cc(C(F)(F)F)nn1C. The molecule has 14 heavy (non-hydrogen) atoms. The normalized spacial score (nSPS) is 11.8. The minimum atomic E-state index is -4.43. The topological polar surface area (TPSA) is 43.8 Å². The van der Waals surface area contributed by atoms with E-state index in [-0.39, 0.29) is 6.54 Å². The van der Waals surface area contributed by atoms with Crippen molar-refractivity contribution in [3.05, 3.63) is 24.0 Å². The lowest BCUT2D eigenvalue weighted by molar-refractivity contribution is -0.141. The number of aromatic nitrogens is 2. The highest BCUT2D eigenvalue weighted by Gasteiger charge is 2.34. The molecule has 0 fully saturated rings. The summed E-state index contributed by atoms with van der Waals surface area (Å²) in [5.74, 6) is 0. The summed E-state index contributed by atoms with van der Waals surface area (Å²) in [5.41, 5.74) is 5.07. The zero-order valence-electron chi connectivity index (χ0n) is 7.60. The molecule has 3 nitrogen and oxygen atoms in total. The molecule has 0 amide bonds. The van der Waals surface area contributed by atoms with Gasteiger partial charge in [0.2, 0.25) is 0 Å². The van der Waals surface area contributed by atoms with Crippen molar-refractivity contribution in [3.63, 3.8) is 0 Å². The van der Waals surface area contributed by atoms with Crippen LogP contribution in [-0.2, 0) is 13.2 Å². The third-order valence-corrected chi connectivity index (χ3v) is 1.78. The minimum Gasteiger partial charge on any atom is -0.326 e. The van der Waals surface area contributed by atoms with Crippen LogP contribution in [0.3, 0.4) is 0 Å². The molecule has 1 rings (SSSR count). The predicted molar refractivity (Wildman–Crippen MR) is 46.3 cm³/mol. The van der Waals surface area contributed by atoms with Gasteiger partial charge in [-0.25, -0.2) is 0 Å². The van der Waals surface area contributed by atoms with Crippen molar-refractivity contribution in [3.8, 4) is 0 Å². The number of rotatable bonds is 2. The minimum absolute atomic E-state index is 0.108. The Labute approximate surface area is 79.0 Å². The molecule has 0 bridgehead atoms. The van der Waals surface area contributed by atoms with Crippen molar-refractivity contribution in [1.29, 1.82) is 0 Å². The van der Waals surface area contributed by atoms with Gasteiger partial charge >= 0.3 is 6.18 Å². The van der Waals surface area contributed by atoms with E-state index >= 15 is 0 Å². The number of aryl methyl sites for hydroxylation is 1. The number of halogens is 3. The molecule has 0 aliphatic carbocycles. The van der Waals surface area contributed by atoms with E-state index in [0.717, 1.165) is 10.7 Å². The van der Waals surface area contributed by atoms with E-state index in [9.17, 15) is 13.2 Å². The molecule has 0 aliphatic rings. The highest BCUT2D eigenvalue weighted by Crippen LogP contribution is 2.29. The fourth-order valence-electron chi connectivity index (χ4n) is 1.04. The largest absolute Gasteiger partial charge is 0.435 e. The summed E-state index contributed by atoms with van der Waals surface area (Å²) in [5, 5.41) is 3.33. The molecule has 0 radical (unpaired) electrons. The lowest BCUT2D eigenvalue weighted by atomic mass is 10.2. The summed E-state index contributed by atoms with van der Waals surface area (Å²) < 4.78 is 37.8. The maximum Gasteiger partial charge on any atom is 0.435 e. The van der Waals surface area contributed by atoms with Crippen LogP contribution in [0, 0.1) is 0 Å². The van der Waals surface area contributed by atoms with Gasteiger partial charge in [-0.3, -0.25) is 4.68 Å². The molecule has 0 atom stereocenters. The van der Waals surface area contributed by atoms with Crippen LogP contribution in [0.15, 0.2) is 12.6 Å². The van der Waals surface area contributed by atoms with Crippen LogP contribution in [0.2, 0.25) is 0 Å². The molecule has 6 heteroatoms. The van der Waals surface area contributed by atoms with E-state index in [1.54, 1.807) is 0 Å². The first kappa shape index (κ1) is 10.8. The molecule has 0 aromatic carbocycles. The van der Waals surface area contributed by atoms with Gasteiger partial charge in [-0.05, 0) is 11.6 Å². The first-order chi connectivity index (χ1) is 6.36. The summed E-state index contributed by atoms with van der Waals surface area (Å²) in [6.45, 7) is 3.65. The van der Waals surface area contributed by atoms with Gasteiger partial charge in [0.15, 0.2) is 5.69 Å². The van der Waals surface area contributed by atoms with Gasteiger partial charge in [-0.1, -0.05) is 6.58 Å². The molecular formula is C8H10F3N3. The highest BCUT2D eigenvalue weighted by atomic mass is 19.4. The average Bonchev–Trinajstić information content (AvgIpc) is 2.45. The maximum atomic E-state index is 12.2. The quantitative estimate of drug-likeness (QED) is 0.793. The molecule has 0 saturated heterocycles. The Morgan fingerprint density at radius 3 is 2.57 bits per heavy atom. The van der Waals surface area contributed by atoms with Gasteiger partial charge < -0.3 is 5.73 Å². The van der Waals surface area contributed by atoms with Crippen LogP contribution in [0.25, 0.3) is 5.57 Å². The van der Waals surface area contributed by atoms with Gasteiger partial charge in [0.1, 0.15) is 0 Å². The zero-order valence-corrected chi connectivity index (χ0v) is 7.60. The smallest absolute Gasteiger partial charge is 0.326 e. The van der Waals surface area contributed by atoms with Crippen LogP contribution in [0.5, 0.6) is 0 Å². The van der Waals surface area contributed by atoms with Gasteiger partial charge in [-0.15, -0.1) is 0 Å². The fraction of sp³-hybridized carbons (Fsp3) is 0.375. The second-order valence-corrected chi connectivity index (χ2v) is 2.84. The highest BCUT2D eigenvalue weighted by molar-refractivity contribution is 5.62. The third-order valence-electron chi connectivity index (χ3n) is 1.78. The van der Waals surface area contributed by atoms with Crippen molar-refractivity contribution in [2.24, 2.45) is 12.8 Å². The van der Waals surface area contributed by atoms with Crippen LogP contribution in [0.4, 0.5) is 13.2 Å². The van der Waals surface area contributed by atoms with Gasteiger partial charge in [0.25, 0.3) is 0 Å². The van der Waals surface area contributed by atoms with Gasteiger partial charge in [0.05, 0.1) is 5.69 Å². The van der Waals surface area contributed by atoms with Crippen molar-refractivity contribution in [2.45, 2.75) is 6.18 Å². The molecule has 0 spiro atoms. The van der Waals surface area contributed by atoms with Crippen molar-refractivity contribution in [2.75, 3.05) is 6.54 Å². The molecule has 1 heterocycles. The lowest BCUT2D eigenvalue weighted by Crippen LogP contribution is -2.07. The molecule has 0 unspecified atom stereocenters. The third kappa shape index (κ3) is 1.95. The van der Waals surface area contributed by atoms with Crippen molar-refractivity contribution >= 4 is 5.57 Å². The molecule has 1 aromatic heterocycles. The van der Waals surface area contributed by atoms with Crippen LogP contribution in [-0.4, -0.2) is 16.3 Å². The summed E-state index contributed by atoms with van der Waals surface area (Å²) in [6, 6.07) is 0.940. The number of hydrogen-bond acceptors (Lipinski definition) is 2. The van der Waals surface area contributed by atoms with E-state index in [1.165, 1.54) is 7.05 Å². The predicted octanol–water partition coefficient (Wildman–Crippen LogP) is 1.41. The molecular weight excluding hydrogens is 195 g/mol. The van der Waals surface area contributed by atoms with E-state index in [0.29, 0.717) is 11.3 Å². The molecule has 0 saturated carbocycles. The Hall–Kier alpha value is -1.30. The Balaban J connectivity index is 3.12. The number of hydrogen-bond donors (Lipinski definition) is 1. The van der Waals surface area contributed by atoms with Crippen molar-refractivity contribution in [1.82, 2.24) is 9.78 Å². The summed E-state index contributed by atoms with van der Waals surface area (Å²) in [4.78, 5) is 0. The maximum absolute atomic E-state index is 12.2. The second kappa shape index (κ2) is 3.45. The van der Waals surface area contributed by atoms with Gasteiger partial charge in [0, 0.05) is 13.6 Å². The summed E-state index contributed by atoms with van der Waals surface area (Å²) in [7, 11) is 1.42. The van der Waals surface area contributed by atoms with Gasteiger partial charge in [-0.2, -0.15) is 18.3 Å². The second-order valence-electron chi connectivity index (χ2n) is 2.84. The first-order valence-electron chi connectivity index (χ1n) is 3.85. The Kier molecular flexibility index (Phi) is 2.66. The first-order valence-corrected chi connectivity index (χ1v) is 3.85. The van der Waals surface area contributed by atoms with E-state index in [4.69, 9.17) is 5.73 Å². The molecule has 0 aliphatic heterocycles. The standard InChI is InChI=1S/C8H10F3N3/c1-5(4-12)6-3-7(8(9,10)11)13-14(6)2/h3H,1,4,12H2,2H3. The molecule has 1 aromatic rings. The fourth-order valence-corrected chi connectivity index (χ4v) is 1.04. The Bertz CT molecular complexity index is 351. The average molecular weight is 205 g/mol. The monoisotopic (exact) mass is 205 g/mol. The Morgan fingerprint density at radius 1 is 1.64 bits per heavy atom. The number of nitrogens with zero attached hydrogens (tertiary/aromatic N) is 2. The van der Waals surface area contributed by atoms with Crippen LogP contribution in [0.1, 0.15) is 11.4 Å². The number of nitrogens with two attached hydrogens (primary N) is 1. The molecule has 2 N–H and O–H groups in total. The van der Waals surface area contributed by atoms with Crippen LogP contribution < -0.4 is 5.73 Å². The molecule has 78 valence electrons. The van der Waals surface area contributed by atoms with E-state index in [1.807, 2.05) is 0 Å². The number of alkyl halides is 3. The van der Waals surface area contributed by atoms with Crippen molar-refractivity contribution < 1.29 is 13.2 Å². The Morgan fingerprint density at radius 2 is 2.21 bits per heavy atom. The summed E-state index contributed by atoms with van der Waals surface area (Å²) in [6.07, 6.45) is -4.43. The van der Waals surface area contributed by atoms with Crippen LogP contribution >= 0.6 is 0 Å².